The lowest BCUT2D eigenvalue weighted by atomic mass is 10.1. The minimum Gasteiger partial charge on any atom is -0.354 e. The molecule has 0 fully saturated rings. The van der Waals surface area contributed by atoms with E-state index >= 15 is 0 Å². The zero-order valence-corrected chi connectivity index (χ0v) is 19.6. The summed E-state index contributed by atoms with van der Waals surface area (Å²) in [5, 5.41) is 10.2. The molecule has 0 aliphatic rings. The number of nitrogens with one attached hydrogen (secondary N) is 3. The number of nitrogens with zero attached hydrogens (tertiary/aromatic N) is 2. The molecule has 2 aromatic heterocycles. The van der Waals surface area contributed by atoms with Crippen molar-refractivity contribution in [1.82, 2.24) is 14.8 Å². The van der Waals surface area contributed by atoms with Crippen LogP contribution in [-0.4, -0.2) is 32.4 Å². The molecule has 2 amide bonds. The third-order valence-electron chi connectivity index (χ3n) is 5.29. The number of H-pyrrole nitrogens is 1. The molecule has 0 aliphatic heterocycles. The van der Waals surface area contributed by atoms with Gasteiger partial charge in [0.05, 0.1) is 16.4 Å². The number of aromatic nitrogens is 3. The number of carbonyl (C=O) groups is 3. The molecule has 0 bridgehead atoms. The Labute approximate surface area is 191 Å². The van der Waals surface area contributed by atoms with Crippen molar-refractivity contribution in [1.29, 1.82) is 0 Å². The van der Waals surface area contributed by atoms with Crippen LogP contribution in [0.3, 0.4) is 0 Å². The first-order chi connectivity index (χ1) is 15.0. The van der Waals surface area contributed by atoms with Crippen LogP contribution in [0, 0.1) is 27.7 Å². The van der Waals surface area contributed by atoms with Crippen LogP contribution in [0.5, 0.6) is 0 Å². The van der Waals surface area contributed by atoms with Gasteiger partial charge < -0.3 is 15.6 Å². The van der Waals surface area contributed by atoms with E-state index in [1.807, 2.05) is 19.9 Å². The Balaban J connectivity index is 1.73. The van der Waals surface area contributed by atoms with Crippen LogP contribution in [0.4, 0.5) is 11.4 Å². The van der Waals surface area contributed by atoms with Crippen LogP contribution < -0.4 is 10.6 Å². The maximum absolute atomic E-state index is 12.7. The maximum atomic E-state index is 12.7. The first kappa shape index (κ1) is 23.3. The van der Waals surface area contributed by atoms with E-state index in [4.69, 9.17) is 11.6 Å². The average molecular weight is 456 g/mol. The normalized spacial score (nSPS) is 11.8. The third-order valence-corrected chi connectivity index (χ3v) is 5.61. The average Bonchev–Trinajstić information content (AvgIpc) is 3.20. The Morgan fingerprint density at radius 3 is 2.31 bits per heavy atom. The highest BCUT2D eigenvalue weighted by Crippen LogP contribution is 2.27. The van der Waals surface area contributed by atoms with Crippen molar-refractivity contribution in [2.45, 2.75) is 47.6 Å². The molecule has 168 valence electrons. The minimum absolute atomic E-state index is 0.104. The molecule has 0 aliphatic carbocycles. The molecular weight excluding hydrogens is 430 g/mol. The van der Waals surface area contributed by atoms with E-state index in [2.05, 4.69) is 20.7 Å². The molecule has 9 heteroatoms. The van der Waals surface area contributed by atoms with Crippen molar-refractivity contribution >= 4 is 40.6 Å². The van der Waals surface area contributed by atoms with Gasteiger partial charge in [0.1, 0.15) is 11.7 Å². The van der Waals surface area contributed by atoms with Crippen molar-refractivity contribution in [3.63, 3.8) is 0 Å². The fourth-order valence-electron chi connectivity index (χ4n) is 3.78. The molecule has 1 unspecified atom stereocenters. The van der Waals surface area contributed by atoms with E-state index in [1.165, 1.54) is 6.92 Å². The fraction of sp³-hybridized carbons (Fsp3) is 0.304. The van der Waals surface area contributed by atoms with Crippen LogP contribution in [0.2, 0.25) is 5.02 Å². The van der Waals surface area contributed by atoms with Gasteiger partial charge in [0.15, 0.2) is 5.78 Å². The van der Waals surface area contributed by atoms with E-state index in [1.54, 1.807) is 43.7 Å². The number of halogens is 1. The summed E-state index contributed by atoms with van der Waals surface area (Å²) in [6.07, 6.45) is 0. The topological polar surface area (TPSA) is 109 Å². The van der Waals surface area contributed by atoms with Crippen LogP contribution in [0.25, 0.3) is 0 Å². The molecule has 0 saturated carbocycles. The second-order valence-corrected chi connectivity index (χ2v) is 8.27. The summed E-state index contributed by atoms with van der Waals surface area (Å²) in [4.78, 5) is 40.1. The summed E-state index contributed by atoms with van der Waals surface area (Å²) in [6.45, 7) is 10.5. The Kier molecular flexibility index (Phi) is 6.55. The van der Waals surface area contributed by atoms with E-state index in [9.17, 15) is 14.4 Å². The minimum atomic E-state index is -0.520. The second-order valence-electron chi connectivity index (χ2n) is 7.87. The second kappa shape index (κ2) is 9.00. The van der Waals surface area contributed by atoms with Gasteiger partial charge in [0.2, 0.25) is 5.91 Å². The number of anilines is 2. The Morgan fingerprint density at radius 1 is 1.09 bits per heavy atom. The van der Waals surface area contributed by atoms with Crippen molar-refractivity contribution < 1.29 is 14.4 Å². The molecule has 3 N–H and O–H groups in total. The summed E-state index contributed by atoms with van der Waals surface area (Å²) < 4.78 is 1.66. The van der Waals surface area contributed by atoms with Gasteiger partial charge in [0.25, 0.3) is 5.91 Å². The number of hydrogen-bond acceptors (Lipinski definition) is 4. The number of carbonyl (C=O) groups excluding carboxylic acids is 3. The molecule has 2 heterocycles. The van der Waals surface area contributed by atoms with Gasteiger partial charge in [-0.3, -0.25) is 19.1 Å². The monoisotopic (exact) mass is 455 g/mol. The highest BCUT2D eigenvalue weighted by molar-refractivity contribution is 6.34. The van der Waals surface area contributed by atoms with E-state index in [-0.39, 0.29) is 22.6 Å². The van der Waals surface area contributed by atoms with Crippen LogP contribution in [-0.2, 0) is 4.79 Å². The molecule has 0 radical (unpaired) electrons. The summed E-state index contributed by atoms with van der Waals surface area (Å²) in [7, 11) is 0. The number of hydrogen-bond donors (Lipinski definition) is 3. The third kappa shape index (κ3) is 4.60. The van der Waals surface area contributed by atoms with Crippen molar-refractivity contribution in [2.75, 3.05) is 10.6 Å². The quantitative estimate of drug-likeness (QED) is 0.466. The Bertz CT molecular complexity index is 1220. The van der Waals surface area contributed by atoms with Crippen LogP contribution in [0.15, 0.2) is 24.3 Å². The molecule has 1 atom stereocenters. The summed E-state index contributed by atoms with van der Waals surface area (Å²) in [6, 6.07) is 6.21. The molecule has 3 rings (SSSR count). The summed E-state index contributed by atoms with van der Waals surface area (Å²) >= 11 is 6.35. The molecule has 0 spiro atoms. The lowest BCUT2D eigenvalue weighted by molar-refractivity contribution is -0.119. The maximum Gasteiger partial charge on any atom is 0.272 e. The Morgan fingerprint density at radius 2 is 1.78 bits per heavy atom. The number of aromatic amines is 1. The van der Waals surface area contributed by atoms with Gasteiger partial charge in [-0.1, -0.05) is 11.6 Å². The number of aryl methyl sites for hydroxylation is 3. The fourth-order valence-corrected chi connectivity index (χ4v) is 4.01. The standard InChI is InChI=1S/C23H26ClN5O3/c1-11-9-12(2)29(28-11)15(5)22(31)27-19-8-7-17(10-18(19)24)26-23(32)21-13(3)20(16(6)30)14(4)25-21/h7-10,15,25H,1-6H3,(H,26,32)(H,27,31). The lowest BCUT2D eigenvalue weighted by Gasteiger charge is -2.16. The molecule has 3 aromatic rings. The number of Topliss-reactive ketones (excluding diaryl/α,β-unsaturated/α-hetero) is 1. The zero-order valence-electron chi connectivity index (χ0n) is 18.9. The summed E-state index contributed by atoms with van der Waals surface area (Å²) in [5.41, 5.74) is 4.69. The predicted molar refractivity (Wildman–Crippen MR) is 125 cm³/mol. The molecule has 8 nitrogen and oxygen atoms in total. The van der Waals surface area contributed by atoms with Gasteiger partial charge >= 0.3 is 0 Å². The van der Waals surface area contributed by atoms with Crippen molar-refractivity contribution in [3.8, 4) is 0 Å². The largest absolute Gasteiger partial charge is 0.354 e. The SMILES string of the molecule is CC(=O)c1c(C)[nH]c(C(=O)Nc2ccc(NC(=O)C(C)n3nc(C)cc3C)c(Cl)c2)c1C. The van der Waals surface area contributed by atoms with Gasteiger partial charge in [-0.05, 0) is 71.4 Å². The van der Waals surface area contributed by atoms with E-state index < -0.39 is 6.04 Å². The first-order valence-corrected chi connectivity index (χ1v) is 10.5. The van der Waals surface area contributed by atoms with Crippen LogP contribution >= 0.6 is 11.6 Å². The highest BCUT2D eigenvalue weighted by atomic mass is 35.5. The number of amides is 2. The number of ketones is 1. The number of benzene rings is 1. The molecule has 1 aromatic carbocycles. The van der Waals surface area contributed by atoms with Crippen molar-refractivity contribution in [3.05, 3.63) is 63.2 Å². The predicted octanol–water partition coefficient (Wildman–Crippen LogP) is 4.75. The summed E-state index contributed by atoms with van der Waals surface area (Å²) in [5.74, 6) is -0.749. The lowest BCUT2D eigenvalue weighted by Crippen LogP contribution is -2.25. The smallest absolute Gasteiger partial charge is 0.272 e. The molecule has 0 saturated heterocycles. The molecule has 32 heavy (non-hydrogen) atoms. The highest BCUT2D eigenvalue weighted by Gasteiger charge is 2.21. The number of rotatable bonds is 6. The van der Waals surface area contributed by atoms with Gasteiger partial charge in [-0.25, -0.2) is 0 Å². The van der Waals surface area contributed by atoms with Gasteiger partial charge in [-0.2, -0.15) is 5.10 Å². The van der Waals surface area contributed by atoms with E-state index in [0.717, 1.165) is 11.4 Å². The van der Waals surface area contributed by atoms with Crippen LogP contribution in [0.1, 0.15) is 63.4 Å². The zero-order chi connectivity index (χ0) is 23.7. The van der Waals surface area contributed by atoms with Gasteiger partial charge in [0, 0.05) is 22.6 Å². The van der Waals surface area contributed by atoms with E-state index in [0.29, 0.717) is 33.9 Å². The van der Waals surface area contributed by atoms with Crippen molar-refractivity contribution in [2.24, 2.45) is 0 Å². The molecular formula is C23H26ClN5O3. The van der Waals surface area contributed by atoms with Gasteiger partial charge in [-0.15, -0.1) is 0 Å². The Hall–Kier alpha value is -3.39. The first-order valence-electron chi connectivity index (χ1n) is 10.1.